The van der Waals surface area contributed by atoms with Gasteiger partial charge in [-0.3, -0.25) is 4.98 Å². The molecule has 0 bridgehead atoms. The van der Waals surface area contributed by atoms with E-state index in [0.717, 1.165) is 10.8 Å². The second-order valence-electron chi connectivity index (χ2n) is 6.35. The third kappa shape index (κ3) is 3.50. The number of halogens is 2. The Labute approximate surface area is 168 Å². The molecule has 1 fully saturated rings. The third-order valence-electron chi connectivity index (χ3n) is 4.74. The van der Waals surface area contributed by atoms with Gasteiger partial charge >= 0.3 is 0 Å². The number of anilines is 1. The number of nitrogens with zero attached hydrogens (tertiary/aromatic N) is 3. The summed E-state index contributed by atoms with van der Waals surface area (Å²) < 4.78 is 27.6. The molecule has 0 aliphatic carbocycles. The molecular formula is C19H17Cl2N3O2S. The highest BCUT2D eigenvalue weighted by molar-refractivity contribution is 7.89. The van der Waals surface area contributed by atoms with Gasteiger partial charge in [-0.15, -0.1) is 0 Å². The van der Waals surface area contributed by atoms with Gasteiger partial charge in [-0.1, -0.05) is 53.5 Å². The lowest BCUT2D eigenvalue weighted by Gasteiger charge is -2.36. The van der Waals surface area contributed by atoms with Crippen molar-refractivity contribution in [3.8, 4) is 0 Å². The van der Waals surface area contributed by atoms with Gasteiger partial charge in [-0.2, -0.15) is 4.31 Å². The molecule has 2 aromatic carbocycles. The second kappa shape index (κ2) is 7.28. The summed E-state index contributed by atoms with van der Waals surface area (Å²) in [6.45, 7) is 1.75. The van der Waals surface area contributed by atoms with E-state index in [1.807, 2.05) is 35.2 Å². The lowest BCUT2D eigenvalue weighted by Crippen LogP contribution is -2.48. The van der Waals surface area contributed by atoms with Crippen LogP contribution in [-0.4, -0.2) is 43.9 Å². The zero-order valence-electron chi connectivity index (χ0n) is 14.3. The lowest BCUT2D eigenvalue weighted by molar-refractivity contribution is 0.385. The zero-order valence-corrected chi connectivity index (χ0v) is 16.7. The first kappa shape index (κ1) is 18.5. The molecule has 27 heavy (non-hydrogen) atoms. The van der Waals surface area contributed by atoms with Crippen molar-refractivity contribution in [2.24, 2.45) is 0 Å². The normalized spacial score (nSPS) is 16.0. The number of hydrogen-bond donors (Lipinski definition) is 0. The molecule has 0 atom stereocenters. The van der Waals surface area contributed by atoms with E-state index in [2.05, 4.69) is 4.98 Å². The fourth-order valence-electron chi connectivity index (χ4n) is 3.34. The van der Waals surface area contributed by atoms with E-state index in [1.54, 1.807) is 24.5 Å². The number of rotatable bonds is 3. The highest BCUT2D eigenvalue weighted by atomic mass is 35.5. The van der Waals surface area contributed by atoms with Crippen LogP contribution in [-0.2, 0) is 10.0 Å². The van der Waals surface area contributed by atoms with Crippen LogP contribution in [0.1, 0.15) is 0 Å². The van der Waals surface area contributed by atoms with Crippen LogP contribution in [0.5, 0.6) is 0 Å². The van der Waals surface area contributed by atoms with Crippen molar-refractivity contribution in [1.29, 1.82) is 0 Å². The number of hydrogen-bond acceptors (Lipinski definition) is 4. The first-order valence-corrected chi connectivity index (χ1v) is 10.7. The number of piperazine rings is 1. The Morgan fingerprint density at radius 2 is 1.48 bits per heavy atom. The summed E-state index contributed by atoms with van der Waals surface area (Å²) in [5.41, 5.74) is 0.705. The minimum Gasteiger partial charge on any atom is -0.366 e. The smallest absolute Gasteiger partial charge is 0.243 e. The van der Waals surface area contributed by atoms with Crippen molar-refractivity contribution in [3.63, 3.8) is 0 Å². The van der Waals surface area contributed by atoms with Crippen LogP contribution in [0.25, 0.3) is 10.8 Å². The van der Waals surface area contributed by atoms with Crippen molar-refractivity contribution in [3.05, 3.63) is 64.9 Å². The van der Waals surface area contributed by atoms with Gasteiger partial charge in [0.1, 0.15) is 0 Å². The number of fused-ring (bicyclic) bond motifs is 1. The maximum atomic E-state index is 13.1. The predicted molar refractivity (Wildman–Crippen MR) is 109 cm³/mol. The van der Waals surface area contributed by atoms with Crippen LogP contribution in [0.3, 0.4) is 0 Å². The van der Waals surface area contributed by atoms with Crippen LogP contribution in [0, 0.1) is 0 Å². The molecule has 1 aliphatic rings. The van der Waals surface area contributed by atoms with Crippen molar-refractivity contribution in [2.75, 3.05) is 31.1 Å². The Balaban J connectivity index is 1.56. The molecular weight excluding hydrogens is 405 g/mol. The summed E-state index contributed by atoms with van der Waals surface area (Å²) in [4.78, 5) is 6.27. The number of sulfonamides is 1. The molecule has 4 rings (SSSR count). The summed E-state index contributed by atoms with van der Waals surface area (Å²) in [5.74, 6) is 0. The van der Waals surface area contributed by atoms with Crippen LogP contribution in [0.2, 0.25) is 10.0 Å². The van der Waals surface area contributed by atoms with Crippen molar-refractivity contribution in [1.82, 2.24) is 9.29 Å². The Hall–Kier alpha value is -1.86. The first-order chi connectivity index (χ1) is 13.0. The van der Waals surface area contributed by atoms with E-state index in [4.69, 9.17) is 23.2 Å². The summed E-state index contributed by atoms with van der Waals surface area (Å²) >= 11 is 12.4. The molecule has 0 spiro atoms. The molecule has 2 heterocycles. The average Bonchev–Trinajstić information content (AvgIpc) is 2.68. The molecule has 140 valence electrons. The highest BCUT2D eigenvalue weighted by Crippen LogP contribution is 2.33. The molecule has 0 unspecified atom stereocenters. The zero-order chi connectivity index (χ0) is 19.0. The van der Waals surface area contributed by atoms with Gasteiger partial charge in [-0.05, 0) is 22.9 Å². The van der Waals surface area contributed by atoms with E-state index >= 15 is 0 Å². The molecule has 8 heteroatoms. The predicted octanol–water partition coefficient (Wildman–Crippen LogP) is 4.05. The van der Waals surface area contributed by atoms with Crippen LogP contribution in [0.4, 0.5) is 5.69 Å². The van der Waals surface area contributed by atoms with E-state index in [0.29, 0.717) is 46.8 Å². The van der Waals surface area contributed by atoms with Crippen molar-refractivity contribution in [2.45, 2.75) is 4.90 Å². The maximum Gasteiger partial charge on any atom is 0.243 e. The fraction of sp³-hybridized carbons (Fsp3) is 0.211. The van der Waals surface area contributed by atoms with Gasteiger partial charge in [0, 0.05) is 38.6 Å². The molecule has 1 aliphatic heterocycles. The number of aromatic nitrogens is 1. The van der Waals surface area contributed by atoms with Gasteiger partial charge in [0.15, 0.2) is 0 Å². The minimum absolute atomic E-state index is 0.314. The van der Waals surface area contributed by atoms with Gasteiger partial charge < -0.3 is 4.90 Å². The van der Waals surface area contributed by atoms with Crippen LogP contribution < -0.4 is 4.90 Å². The van der Waals surface area contributed by atoms with Gasteiger partial charge in [0.2, 0.25) is 10.0 Å². The Bertz CT molecular complexity index is 1080. The molecule has 0 radical (unpaired) electrons. The minimum atomic E-state index is -3.55. The van der Waals surface area contributed by atoms with E-state index in [9.17, 15) is 8.42 Å². The molecule has 3 aromatic rings. The summed E-state index contributed by atoms with van der Waals surface area (Å²) in [5, 5.41) is 2.86. The quantitative estimate of drug-likeness (QED) is 0.639. The fourth-order valence-corrected chi connectivity index (χ4v) is 5.40. The third-order valence-corrected chi connectivity index (χ3v) is 7.19. The van der Waals surface area contributed by atoms with E-state index in [-0.39, 0.29) is 0 Å². The average molecular weight is 422 g/mol. The van der Waals surface area contributed by atoms with Crippen LogP contribution >= 0.6 is 23.2 Å². The molecule has 1 aromatic heterocycles. The largest absolute Gasteiger partial charge is 0.366 e. The first-order valence-electron chi connectivity index (χ1n) is 8.50. The second-order valence-corrected chi connectivity index (χ2v) is 9.10. The van der Waals surface area contributed by atoms with E-state index in [1.165, 1.54) is 4.31 Å². The SMILES string of the molecule is O=S(=O)(c1ccc2ccccc2c1)N1CCN(c2c(Cl)cncc2Cl)CC1. The van der Waals surface area contributed by atoms with Crippen LogP contribution in [0.15, 0.2) is 59.8 Å². The number of pyridine rings is 1. The Morgan fingerprint density at radius 3 is 2.15 bits per heavy atom. The Morgan fingerprint density at radius 1 is 0.852 bits per heavy atom. The number of benzene rings is 2. The summed E-state index contributed by atoms with van der Waals surface area (Å²) in [6.07, 6.45) is 3.09. The summed E-state index contributed by atoms with van der Waals surface area (Å²) in [6, 6.07) is 13.0. The monoisotopic (exact) mass is 421 g/mol. The van der Waals surface area contributed by atoms with Crippen molar-refractivity contribution < 1.29 is 8.42 Å². The van der Waals surface area contributed by atoms with Gasteiger partial charge in [0.25, 0.3) is 0 Å². The molecule has 0 amide bonds. The molecule has 5 nitrogen and oxygen atoms in total. The molecule has 1 saturated heterocycles. The molecule has 0 N–H and O–H groups in total. The van der Waals surface area contributed by atoms with Gasteiger partial charge in [-0.25, -0.2) is 8.42 Å². The molecule has 0 saturated carbocycles. The maximum absolute atomic E-state index is 13.1. The van der Waals surface area contributed by atoms with E-state index < -0.39 is 10.0 Å². The van der Waals surface area contributed by atoms with Gasteiger partial charge in [0.05, 0.1) is 20.6 Å². The summed E-state index contributed by atoms with van der Waals surface area (Å²) in [7, 11) is -3.55. The topological polar surface area (TPSA) is 53.5 Å². The highest BCUT2D eigenvalue weighted by Gasteiger charge is 2.30. The Kier molecular flexibility index (Phi) is 4.99. The van der Waals surface area contributed by atoms with Crippen molar-refractivity contribution >= 4 is 49.7 Å². The lowest BCUT2D eigenvalue weighted by atomic mass is 10.1. The standard InChI is InChI=1S/C19H17Cl2N3O2S/c20-17-12-22-13-18(21)19(17)23-7-9-24(10-8-23)27(25,26)16-6-5-14-3-1-2-4-15(14)11-16/h1-6,11-13H,7-10H2.